The molecule has 0 atom stereocenters. The lowest BCUT2D eigenvalue weighted by molar-refractivity contribution is 0.0711. The van der Waals surface area contributed by atoms with Crippen LogP contribution in [-0.4, -0.2) is 33.9 Å². The molecule has 0 N–H and O–H groups in total. The first-order valence-electron chi connectivity index (χ1n) is 6.60. The molecular weight excluding hydrogens is 226 g/mol. The minimum absolute atomic E-state index is 0.0205. The van der Waals surface area contributed by atoms with Gasteiger partial charge in [-0.25, -0.2) is 9.97 Å². The highest BCUT2D eigenvalue weighted by molar-refractivity contribution is 5.90. The number of hydrogen-bond acceptors (Lipinski definition) is 3. The van der Waals surface area contributed by atoms with Gasteiger partial charge in [0.2, 0.25) is 5.82 Å². The molecule has 1 aliphatic rings. The van der Waals surface area contributed by atoms with Crippen molar-refractivity contribution in [2.45, 2.75) is 45.4 Å². The molecule has 0 saturated carbocycles. The van der Waals surface area contributed by atoms with Crippen molar-refractivity contribution in [3.05, 3.63) is 23.8 Å². The Hall–Kier alpha value is -1.45. The van der Waals surface area contributed by atoms with Crippen LogP contribution in [0.4, 0.5) is 0 Å². The lowest BCUT2D eigenvalue weighted by atomic mass is 9.89. The van der Waals surface area contributed by atoms with Crippen molar-refractivity contribution in [1.82, 2.24) is 14.9 Å². The van der Waals surface area contributed by atoms with E-state index in [9.17, 15) is 4.79 Å². The highest BCUT2D eigenvalue weighted by atomic mass is 16.2. The number of nitrogens with zero attached hydrogens (tertiary/aromatic N) is 3. The van der Waals surface area contributed by atoms with Crippen molar-refractivity contribution >= 4 is 5.91 Å². The third-order valence-corrected chi connectivity index (χ3v) is 3.35. The van der Waals surface area contributed by atoms with Gasteiger partial charge in [-0.2, -0.15) is 0 Å². The third kappa shape index (κ3) is 2.86. The summed E-state index contributed by atoms with van der Waals surface area (Å²) in [6, 6.07) is 0. The average molecular weight is 247 g/mol. The normalized spacial score (nSPS) is 16.7. The van der Waals surface area contributed by atoms with E-state index >= 15 is 0 Å². The van der Waals surface area contributed by atoms with E-state index in [0.29, 0.717) is 5.82 Å². The minimum atomic E-state index is -0.0323. The number of carbonyl (C=O) groups is 1. The summed E-state index contributed by atoms with van der Waals surface area (Å²) in [6.07, 6.45) is 6.93. The molecule has 1 fully saturated rings. The predicted octanol–water partition coefficient (Wildman–Crippen LogP) is 2.40. The van der Waals surface area contributed by atoms with Crippen LogP contribution in [0.25, 0.3) is 0 Å². The van der Waals surface area contributed by atoms with Crippen LogP contribution in [0.1, 0.15) is 56.2 Å². The average Bonchev–Trinajstić information content (AvgIpc) is 2.38. The first kappa shape index (κ1) is 13.0. The van der Waals surface area contributed by atoms with Gasteiger partial charge >= 0.3 is 0 Å². The maximum absolute atomic E-state index is 12.2. The summed E-state index contributed by atoms with van der Waals surface area (Å²) in [6.45, 7) is 8.00. The number of hydrogen-bond donors (Lipinski definition) is 0. The third-order valence-electron chi connectivity index (χ3n) is 3.35. The molecule has 0 bridgehead atoms. The summed E-state index contributed by atoms with van der Waals surface area (Å²) < 4.78 is 0. The first-order valence-corrected chi connectivity index (χ1v) is 6.60. The first-order chi connectivity index (χ1) is 8.48. The SMILES string of the molecule is CC(C)(C)c1cnc(C(=O)N2CCCCC2)nc1. The van der Waals surface area contributed by atoms with E-state index in [-0.39, 0.29) is 11.3 Å². The van der Waals surface area contributed by atoms with Crippen LogP contribution in [0.5, 0.6) is 0 Å². The van der Waals surface area contributed by atoms with Crippen LogP contribution in [0.3, 0.4) is 0 Å². The number of amides is 1. The van der Waals surface area contributed by atoms with Crippen molar-refractivity contribution in [2.75, 3.05) is 13.1 Å². The molecule has 1 saturated heterocycles. The second-order valence-corrected chi connectivity index (χ2v) is 5.90. The van der Waals surface area contributed by atoms with E-state index in [2.05, 4.69) is 30.7 Å². The van der Waals surface area contributed by atoms with E-state index in [1.165, 1.54) is 6.42 Å². The Balaban J connectivity index is 2.11. The van der Waals surface area contributed by atoms with E-state index in [1.54, 1.807) is 12.4 Å². The maximum Gasteiger partial charge on any atom is 0.291 e. The number of aromatic nitrogens is 2. The Kier molecular flexibility index (Phi) is 3.64. The van der Waals surface area contributed by atoms with Gasteiger partial charge < -0.3 is 4.90 Å². The summed E-state index contributed by atoms with van der Waals surface area (Å²) >= 11 is 0. The molecule has 1 aromatic rings. The quantitative estimate of drug-likeness (QED) is 0.765. The Morgan fingerprint density at radius 3 is 2.17 bits per heavy atom. The standard InChI is InChI=1S/C14H21N3O/c1-14(2,3)11-9-15-12(16-10-11)13(18)17-7-5-4-6-8-17/h9-10H,4-8H2,1-3H3. The van der Waals surface area contributed by atoms with Crippen molar-refractivity contribution in [3.8, 4) is 0 Å². The van der Waals surface area contributed by atoms with Crippen LogP contribution in [0, 0.1) is 0 Å². The van der Waals surface area contributed by atoms with Crippen LogP contribution in [0.15, 0.2) is 12.4 Å². The van der Waals surface area contributed by atoms with Crippen LogP contribution < -0.4 is 0 Å². The molecule has 0 spiro atoms. The van der Waals surface area contributed by atoms with Gasteiger partial charge in [-0.05, 0) is 30.2 Å². The molecule has 0 radical (unpaired) electrons. The lowest BCUT2D eigenvalue weighted by Crippen LogP contribution is -2.36. The van der Waals surface area contributed by atoms with Crippen molar-refractivity contribution in [1.29, 1.82) is 0 Å². The zero-order valence-electron chi connectivity index (χ0n) is 11.4. The summed E-state index contributed by atoms with van der Waals surface area (Å²) in [5.41, 5.74) is 1.07. The summed E-state index contributed by atoms with van der Waals surface area (Å²) in [7, 11) is 0. The molecule has 2 rings (SSSR count). The van der Waals surface area contributed by atoms with Gasteiger partial charge in [0.25, 0.3) is 5.91 Å². The fraction of sp³-hybridized carbons (Fsp3) is 0.643. The zero-order chi connectivity index (χ0) is 13.2. The second kappa shape index (κ2) is 5.04. The number of carbonyl (C=O) groups excluding carboxylic acids is 1. The van der Waals surface area contributed by atoms with E-state index in [1.807, 2.05) is 4.90 Å². The lowest BCUT2D eigenvalue weighted by Gasteiger charge is -2.26. The molecule has 0 unspecified atom stereocenters. The van der Waals surface area contributed by atoms with Gasteiger partial charge in [0.05, 0.1) is 0 Å². The molecular formula is C14H21N3O. The van der Waals surface area contributed by atoms with Gasteiger partial charge in [0, 0.05) is 25.5 Å². The predicted molar refractivity (Wildman–Crippen MR) is 70.5 cm³/mol. The Labute approximate surface area is 108 Å². The number of rotatable bonds is 1. The van der Waals surface area contributed by atoms with Crippen molar-refractivity contribution in [2.24, 2.45) is 0 Å². The molecule has 2 heterocycles. The molecule has 98 valence electrons. The Morgan fingerprint density at radius 2 is 1.67 bits per heavy atom. The molecule has 0 aromatic carbocycles. The smallest absolute Gasteiger partial charge is 0.291 e. The van der Waals surface area contributed by atoms with Crippen molar-refractivity contribution < 1.29 is 4.79 Å². The Bertz CT molecular complexity index is 414. The molecule has 4 heteroatoms. The summed E-state index contributed by atoms with van der Waals surface area (Å²) in [5.74, 6) is 0.292. The van der Waals surface area contributed by atoms with E-state index in [4.69, 9.17) is 0 Å². The number of likely N-dealkylation sites (tertiary alicyclic amines) is 1. The van der Waals surface area contributed by atoms with E-state index < -0.39 is 0 Å². The minimum Gasteiger partial charge on any atom is -0.336 e. The van der Waals surface area contributed by atoms with Crippen LogP contribution in [0.2, 0.25) is 0 Å². The van der Waals surface area contributed by atoms with Gasteiger partial charge in [-0.1, -0.05) is 20.8 Å². The van der Waals surface area contributed by atoms with Gasteiger partial charge in [-0.15, -0.1) is 0 Å². The van der Waals surface area contributed by atoms with E-state index in [0.717, 1.165) is 31.5 Å². The van der Waals surface area contributed by atoms with Crippen molar-refractivity contribution in [3.63, 3.8) is 0 Å². The molecule has 0 aliphatic carbocycles. The molecule has 4 nitrogen and oxygen atoms in total. The van der Waals surface area contributed by atoms with Gasteiger partial charge in [0.15, 0.2) is 0 Å². The summed E-state index contributed by atoms with van der Waals surface area (Å²) in [5, 5.41) is 0. The molecule has 1 aromatic heterocycles. The highest BCUT2D eigenvalue weighted by Gasteiger charge is 2.21. The monoisotopic (exact) mass is 247 g/mol. The fourth-order valence-electron chi connectivity index (χ4n) is 2.06. The Morgan fingerprint density at radius 1 is 1.11 bits per heavy atom. The highest BCUT2D eigenvalue weighted by Crippen LogP contribution is 2.20. The maximum atomic E-state index is 12.2. The van der Waals surface area contributed by atoms with Gasteiger partial charge in [-0.3, -0.25) is 4.79 Å². The topological polar surface area (TPSA) is 46.1 Å². The summed E-state index contributed by atoms with van der Waals surface area (Å²) in [4.78, 5) is 22.5. The molecule has 1 amide bonds. The van der Waals surface area contributed by atoms with Crippen LogP contribution >= 0.6 is 0 Å². The molecule has 1 aliphatic heterocycles. The van der Waals surface area contributed by atoms with Gasteiger partial charge in [0.1, 0.15) is 0 Å². The number of piperidine rings is 1. The zero-order valence-corrected chi connectivity index (χ0v) is 11.4. The molecule has 18 heavy (non-hydrogen) atoms. The largest absolute Gasteiger partial charge is 0.336 e. The van der Waals surface area contributed by atoms with Crippen LogP contribution in [-0.2, 0) is 5.41 Å². The fourth-order valence-corrected chi connectivity index (χ4v) is 2.06. The second-order valence-electron chi connectivity index (χ2n) is 5.90.